The van der Waals surface area contributed by atoms with Crippen molar-refractivity contribution in [3.8, 4) is 0 Å². The average Bonchev–Trinajstić information content (AvgIpc) is 2.74. The molecule has 2 fully saturated rings. The van der Waals surface area contributed by atoms with Gasteiger partial charge in [-0.25, -0.2) is 0 Å². The van der Waals surface area contributed by atoms with Gasteiger partial charge in [0.1, 0.15) is 5.78 Å². The smallest absolute Gasteiger partial charge is 0.143 e. The molecule has 0 radical (unpaired) electrons. The third kappa shape index (κ3) is 5.42. The quantitative estimate of drug-likeness (QED) is 0.632. The first-order valence-electron chi connectivity index (χ1n) is 11.3. The van der Waals surface area contributed by atoms with E-state index in [2.05, 4.69) is 47.1 Å². The van der Waals surface area contributed by atoms with Crippen LogP contribution in [0.4, 0.5) is 0 Å². The first-order chi connectivity index (χ1) is 13.2. The number of benzene rings is 1. The maximum atomic E-state index is 13.2. The highest BCUT2D eigenvalue weighted by Crippen LogP contribution is 2.38. The summed E-state index contributed by atoms with van der Waals surface area (Å²) < 4.78 is 0. The summed E-state index contributed by atoms with van der Waals surface area (Å²) in [6.07, 6.45) is 10.3. The van der Waals surface area contributed by atoms with Gasteiger partial charge >= 0.3 is 0 Å². The molecule has 2 heterocycles. The van der Waals surface area contributed by atoms with Gasteiger partial charge in [0.25, 0.3) is 0 Å². The van der Waals surface area contributed by atoms with Crippen molar-refractivity contribution >= 4 is 5.78 Å². The third-order valence-corrected chi connectivity index (χ3v) is 6.72. The van der Waals surface area contributed by atoms with Gasteiger partial charge in [0.05, 0.1) is 5.41 Å². The molecule has 0 bridgehead atoms. The van der Waals surface area contributed by atoms with E-state index >= 15 is 0 Å². The third-order valence-electron chi connectivity index (χ3n) is 6.72. The molecule has 27 heavy (non-hydrogen) atoms. The van der Waals surface area contributed by atoms with Crippen LogP contribution < -0.4 is 0 Å². The van der Waals surface area contributed by atoms with Crippen LogP contribution in [-0.4, -0.2) is 54.9 Å². The van der Waals surface area contributed by atoms with Crippen LogP contribution in [0.25, 0.3) is 0 Å². The van der Waals surface area contributed by atoms with Gasteiger partial charge < -0.3 is 9.80 Å². The number of piperidine rings is 2. The van der Waals surface area contributed by atoms with Crippen molar-refractivity contribution in [1.29, 1.82) is 0 Å². The van der Waals surface area contributed by atoms with E-state index in [1.165, 1.54) is 57.4 Å². The summed E-state index contributed by atoms with van der Waals surface area (Å²) in [5, 5.41) is 0. The molecule has 2 saturated heterocycles. The number of rotatable bonds is 9. The zero-order chi connectivity index (χ0) is 19.0. The standard InChI is InChI=1S/C24H38N2O/c1-2-3-13-23(27)24(22-11-6-4-7-12-22)14-20-26(21-15-24)19-10-18-25-16-8-5-9-17-25/h4,6-7,11-12H,2-3,5,8-10,13-21H2,1H3. The van der Waals surface area contributed by atoms with E-state index in [4.69, 9.17) is 0 Å². The Balaban J connectivity index is 1.54. The molecule has 0 unspecified atom stereocenters. The number of unbranched alkanes of at least 4 members (excludes halogenated alkanes) is 1. The summed E-state index contributed by atoms with van der Waals surface area (Å²) in [7, 11) is 0. The Labute approximate surface area is 166 Å². The summed E-state index contributed by atoms with van der Waals surface area (Å²) in [6.45, 7) is 9.32. The molecule has 1 aromatic rings. The van der Waals surface area contributed by atoms with Gasteiger partial charge in [-0.2, -0.15) is 0 Å². The highest BCUT2D eigenvalue weighted by molar-refractivity contribution is 5.90. The normalized spacial score (nSPS) is 21.2. The second-order valence-electron chi connectivity index (χ2n) is 8.57. The van der Waals surface area contributed by atoms with Gasteiger partial charge in [0, 0.05) is 6.42 Å². The second-order valence-corrected chi connectivity index (χ2v) is 8.57. The van der Waals surface area contributed by atoms with Crippen LogP contribution in [0, 0.1) is 0 Å². The summed E-state index contributed by atoms with van der Waals surface area (Å²) in [4.78, 5) is 18.4. The summed E-state index contributed by atoms with van der Waals surface area (Å²) in [6, 6.07) is 10.6. The van der Waals surface area contributed by atoms with Crippen LogP contribution in [0.15, 0.2) is 30.3 Å². The summed E-state index contributed by atoms with van der Waals surface area (Å²) in [5.41, 5.74) is 1.01. The van der Waals surface area contributed by atoms with E-state index < -0.39 is 0 Å². The van der Waals surface area contributed by atoms with Crippen LogP contribution in [0.1, 0.15) is 70.3 Å². The lowest BCUT2D eigenvalue weighted by atomic mass is 9.68. The van der Waals surface area contributed by atoms with Gasteiger partial charge in [-0.1, -0.05) is 50.1 Å². The molecule has 2 aliphatic heterocycles. The van der Waals surface area contributed by atoms with E-state index in [0.717, 1.165) is 45.2 Å². The Morgan fingerprint density at radius 2 is 1.52 bits per heavy atom. The maximum absolute atomic E-state index is 13.2. The number of carbonyl (C=O) groups excluding carboxylic acids is 1. The van der Waals surface area contributed by atoms with Gasteiger partial charge in [0.2, 0.25) is 0 Å². The molecule has 0 spiro atoms. The molecule has 0 amide bonds. The predicted molar refractivity (Wildman–Crippen MR) is 113 cm³/mol. The first kappa shape index (κ1) is 20.5. The van der Waals surface area contributed by atoms with Gasteiger partial charge in [-0.05, 0) is 83.4 Å². The van der Waals surface area contributed by atoms with Crippen LogP contribution in [0.2, 0.25) is 0 Å². The van der Waals surface area contributed by atoms with Crippen molar-refractivity contribution in [1.82, 2.24) is 9.80 Å². The van der Waals surface area contributed by atoms with Gasteiger partial charge in [-0.3, -0.25) is 4.79 Å². The fraction of sp³-hybridized carbons (Fsp3) is 0.708. The maximum Gasteiger partial charge on any atom is 0.143 e. The number of nitrogens with zero attached hydrogens (tertiary/aromatic N) is 2. The molecule has 3 heteroatoms. The zero-order valence-electron chi connectivity index (χ0n) is 17.3. The lowest BCUT2D eigenvalue weighted by Gasteiger charge is -2.41. The highest BCUT2D eigenvalue weighted by Gasteiger charge is 2.41. The van der Waals surface area contributed by atoms with Crippen molar-refractivity contribution < 1.29 is 4.79 Å². The Bertz CT molecular complexity index is 557. The minimum absolute atomic E-state index is 0.236. The molecule has 3 nitrogen and oxygen atoms in total. The highest BCUT2D eigenvalue weighted by atomic mass is 16.1. The fourth-order valence-electron chi connectivity index (χ4n) is 4.92. The Kier molecular flexibility index (Phi) is 7.90. The molecule has 150 valence electrons. The topological polar surface area (TPSA) is 23.6 Å². The lowest BCUT2D eigenvalue weighted by molar-refractivity contribution is -0.126. The number of likely N-dealkylation sites (tertiary alicyclic amines) is 2. The fourth-order valence-corrected chi connectivity index (χ4v) is 4.92. The SMILES string of the molecule is CCCCC(=O)C1(c2ccccc2)CCN(CCCN2CCCCC2)CC1. The Hall–Kier alpha value is -1.19. The molecule has 3 rings (SSSR count). The van der Waals surface area contributed by atoms with Gasteiger partial charge in [0.15, 0.2) is 0 Å². The first-order valence-corrected chi connectivity index (χ1v) is 11.3. The van der Waals surface area contributed by atoms with Crippen molar-refractivity contribution in [3.63, 3.8) is 0 Å². The summed E-state index contributed by atoms with van der Waals surface area (Å²) in [5.74, 6) is 0.475. The van der Waals surface area contributed by atoms with Gasteiger partial charge in [-0.15, -0.1) is 0 Å². The number of ketones is 1. The second kappa shape index (κ2) is 10.4. The van der Waals surface area contributed by atoms with Crippen LogP contribution in [-0.2, 0) is 10.2 Å². The average molecular weight is 371 g/mol. The van der Waals surface area contributed by atoms with Crippen LogP contribution >= 0.6 is 0 Å². The van der Waals surface area contributed by atoms with Crippen molar-refractivity contribution in [2.45, 2.75) is 70.1 Å². The molecule has 0 saturated carbocycles. The van der Waals surface area contributed by atoms with Crippen molar-refractivity contribution in [2.24, 2.45) is 0 Å². The number of Topliss-reactive ketones (excluding diaryl/α,β-unsaturated/α-hetero) is 1. The lowest BCUT2D eigenvalue weighted by Crippen LogP contribution is -2.47. The van der Waals surface area contributed by atoms with Crippen LogP contribution in [0.5, 0.6) is 0 Å². The minimum Gasteiger partial charge on any atom is -0.303 e. The molecular weight excluding hydrogens is 332 g/mol. The van der Waals surface area contributed by atoms with E-state index in [1.807, 2.05) is 0 Å². The molecule has 0 aliphatic carbocycles. The zero-order valence-corrected chi connectivity index (χ0v) is 17.3. The largest absolute Gasteiger partial charge is 0.303 e. The molecule has 1 aromatic carbocycles. The number of hydrogen-bond acceptors (Lipinski definition) is 3. The van der Waals surface area contributed by atoms with Crippen molar-refractivity contribution in [2.75, 3.05) is 39.3 Å². The Morgan fingerprint density at radius 3 is 2.15 bits per heavy atom. The minimum atomic E-state index is -0.236. The monoisotopic (exact) mass is 370 g/mol. The van der Waals surface area contributed by atoms with E-state index in [9.17, 15) is 4.79 Å². The molecular formula is C24H38N2O. The molecule has 0 aromatic heterocycles. The molecule has 2 aliphatic rings. The predicted octanol–water partition coefficient (Wildman–Crippen LogP) is 4.66. The number of carbonyl (C=O) groups is 1. The van der Waals surface area contributed by atoms with E-state index in [1.54, 1.807) is 0 Å². The molecule has 0 N–H and O–H groups in total. The molecule has 0 atom stereocenters. The van der Waals surface area contributed by atoms with E-state index in [0.29, 0.717) is 5.78 Å². The van der Waals surface area contributed by atoms with Crippen molar-refractivity contribution in [3.05, 3.63) is 35.9 Å². The number of hydrogen-bond donors (Lipinski definition) is 0. The Morgan fingerprint density at radius 1 is 0.889 bits per heavy atom. The van der Waals surface area contributed by atoms with E-state index in [-0.39, 0.29) is 5.41 Å². The summed E-state index contributed by atoms with van der Waals surface area (Å²) >= 11 is 0. The van der Waals surface area contributed by atoms with Crippen LogP contribution in [0.3, 0.4) is 0 Å².